The Bertz CT molecular complexity index is 524. The zero-order chi connectivity index (χ0) is 12.4. The summed E-state index contributed by atoms with van der Waals surface area (Å²) in [5, 5.41) is 0. The molecule has 3 nitrogen and oxygen atoms in total. The number of nitrogens with zero attached hydrogens (tertiary/aromatic N) is 2. The van der Waals surface area contributed by atoms with E-state index in [1.807, 2.05) is 32.9 Å². The molecule has 0 saturated heterocycles. The number of halogens is 1. The topological polar surface area (TPSA) is 34.9 Å². The molecule has 18 heavy (non-hydrogen) atoms. The third-order valence-electron chi connectivity index (χ3n) is 2.84. The van der Waals surface area contributed by atoms with Gasteiger partial charge < -0.3 is 4.57 Å². The Morgan fingerprint density at radius 3 is 2.33 bits per heavy atom. The first kappa shape index (κ1) is 14.5. The summed E-state index contributed by atoms with van der Waals surface area (Å²) in [5.74, 6) is 0.137. The Morgan fingerprint density at radius 2 is 1.83 bits per heavy atom. The van der Waals surface area contributed by atoms with E-state index in [9.17, 15) is 4.79 Å². The van der Waals surface area contributed by atoms with Gasteiger partial charge in [0, 0.05) is 18.0 Å². The molecule has 2 rings (SSSR count). The first-order chi connectivity index (χ1) is 8.08. The molecule has 0 atom stereocenters. The second kappa shape index (κ2) is 5.83. The summed E-state index contributed by atoms with van der Waals surface area (Å²) in [6.45, 7) is 6.37. The molecule has 0 aliphatic heterocycles. The van der Waals surface area contributed by atoms with Crippen LogP contribution in [0.2, 0.25) is 0 Å². The molecule has 2 aromatic rings. The molecule has 1 aromatic carbocycles. The van der Waals surface area contributed by atoms with Crippen molar-refractivity contribution in [3.63, 3.8) is 0 Å². The molecule has 4 heteroatoms. The molecule has 0 fully saturated rings. The van der Waals surface area contributed by atoms with Crippen molar-refractivity contribution in [2.45, 2.75) is 27.3 Å². The average molecular weight is 265 g/mol. The maximum atomic E-state index is 12.2. The van der Waals surface area contributed by atoms with Gasteiger partial charge in [-0.2, -0.15) is 0 Å². The van der Waals surface area contributed by atoms with Gasteiger partial charge in [0.25, 0.3) is 0 Å². The highest BCUT2D eigenvalue weighted by molar-refractivity contribution is 5.98. The third kappa shape index (κ3) is 2.99. The number of benzene rings is 1. The summed E-state index contributed by atoms with van der Waals surface area (Å²) in [6, 6.07) is 4.10. The van der Waals surface area contributed by atoms with Crippen molar-refractivity contribution >= 4 is 18.2 Å². The van der Waals surface area contributed by atoms with Crippen molar-refractivity contribution < 1.29 is 4.79 Å². The van der Waals surface area contributed by atoms with Gasteiger partial charge in [-0.1, -0.05) is 17.7 Å². The van der Waals surface area contributed by atoms with E-state index in [2.05, 4.69) is 4.98 Å². The summed E-state index contributed by atoms with van der Waals surface area (Å²) < 4.78 is 1.79. The van der Waals surface area contributed by atoms with Crippen molar-refractivity contribution in [2.75, 3.05) is 0 Å². The predicted molar refractivity (Wildman–Crippen MR) is 74.5 cm³/mol. The van der Waals surface area contributed by atoms with Gasteiger partial charge in [-0.25, -0.2) is 4.98 Å². The number of Topliss-reactive ketones (excluding diaryl/α,β-unsaturated/α-hetero) is 1. The Kier molecular flexibility index (Phi) is 4.68. The number of aromatic nitrogens is 2. The van der Waals surface area contributed by atoms with E-state index < -0.39 is 0 Å². The van der Waals surface area contributed by atoms with Gasteiger partial charge in [-0.15, -0.1) is 12.4 Å². The van der Waals surface area contributed by atoms with E-state index in [0.717, 1.165) is 16.7 Å². The molecule has 0 aliphatic rings. The number of hydrogen-bond acceptors (Lipinski definition) is 2. The van der Waals surface area contributed by atoms with Crippen molar-refractivity contribution in [2.24, 2.45) is 0 Å². The summed E-state index contributed by atoms with van der Waals surface area (Å²) in [4.78, 5) is 16.2. The summed E-state index contributed by atoms with van der Waals surface area (Å²) >= 11 is 0. The Morgan fingerprint density at radius 1 is 1.22 bits per heavy atom. The van der Waals surface area contributed by atoms with E-state index >= 15 is 0 Å². The molecule has 0 saturated carbocycles. The Balaban J connectivity index is 0.00000162. The normalized spacial score (nSPS) is 9.94. The van der Waals surface area contributed by atoms with Crippen LogP contribution in [0.1, 0.15) is 27.0 Å². The first-order valence-corrected chi connectivity index (χ1v) is 5.64. The molecule has 0 bridgehead atoms. The molecule has 0 unspecified atom stereocenters. The fourth-order valence-corrected chi connectivity index (χ4v) is 2.24. The van der Waals surface area contributed by atoms with Crippen LogP contribution in [0.4, 0.5) is 0 Å². The van der Waals surface area contributed by atoms with Crippen LogP contribution < -0.4 is 0 Å². The Labute approximate surface area is 113 Å². The molecule has 96 valence electrons. The molecule has 1 aromatic heterocycles. The second-order valence-electron chi connectivity index (χ2n) is 4.43. The van der Waals surface area contributed by atoms with Crippen LogP contribution in [-0.2, 0) is 6.54 Å². The molecule has 0 N–H and O–H groups in total. The molecule has 1 heterocycles. The van der Waals surface area contributed by atoms with Gasteiger partial charge in [0.05, 0.1) is 12.9 Å². The Hall–Kier alpha value is -1.61. The minimum Gasteiger partial charge on any atom is -0.330 e. The van der Waals surface area contributed by atoms with Crippen LogP contribution in [0.25, 0.3) is 0 Å². The zero-order valence-corrected chi connectivity index (χ0v) is 11.6. The summed E-state index contributed by atoms with van der Waals surface area (Å²) in [5.41, 5.74) is 4.13. The van der Waals surface area contributed by atoms with E-state index in [4.69, 9.17) is 0 Å². The van der Waals surface area contributed by atoms with E-state index in [-0.39, 0.29) is 18.2 Å². The lowest BCUT2D eigenvalue weighted by atomic mass is 9.96. The van der Waals surface area contributed by atoms with Crippen molar-refractivity contribution in [3.05, 3.63) is 53.1 Å². The van der Waals surface area contributed by atoms with Crippen LogP contribution in [0.3, 0.4) is 0 Å². The molecular formula is C14H17ClN2O. The number of carbonyl (C=O) groups is 1. The van der Waals surface area contributed by atoms with E-state index in [1.54, 1.807) is 23.3 Å². The quantitative estimate of drug-likeness (QED) is 0.799. The predicted octanol–water partition coefficient (Wildman–Crippen LogP) is 3.11. The first-order valence-electron chi connectivity index (χ1n) is 5.64. The minimum atomic E-state index is 0. The largest absolute Gasteiger partial charge is 0.330 e. The smallest absolute Gasteiger partial charge is 0.183 e. The van der Waals surface area contributed by atoms with Crippen molar-refractivity contribution in [3.8, 4) is 0 Å². The number of imidazole rings is 1. The molecule has 0 amide bonds. The second-order valence-corrected chi connectivity index (χ2v) is 4.43. The van der Waals surface area contributed by atoms with Crippen LogP contribution in [0, 0.1) is 20.8 Å². The number of ketones is 1. The van der Waals surface area contributed by atoms with Gasteiger partial charge in [-0.3, -0.25) is 4.79 Å². The van der Waals surface area contributed by atoms with Crippen LogP contribution >= 0.6 is 12.4 Å². The lowest BCUT2D eigenvalue weighted by Crippen LogP contribution is -2.12. The minimum absolute atomic E-state index is 0. The van der Waals surface area contributed by atoms with Crippen LogP contribution in [0.15, 0.2) is 30.9 Å². The van der Waals surface area contributed by atoms with Crippen LogP contribution in [0.5, 0.6) is 0 Å². The number of aryl methyl sites for hydroxylation is 3. The van der Waals surface area contributed by atoms with E-state index in [1.165, 1.54) is 5.56 Å². The lowest BCUT2D eigenvalue weighted by molar-refractivity contribution is 0.0971. The maximum absolute atomic E-state index is 12.2. The van der Waals surface area contributed by atoms with Crippen molar-refractivity contribution in [1.82, 2.24) is 9.55 Å². The molecular weight excluding hydrogens is 248 g/mol. The van der Waals surface area contributed by atoms with Crippen molar-refractivity contribution in [1.29, 1.82) is 0 Å². The SMILES string of the molecule is Cc1cc(C)c(C(=O)Cn2ccnc2)c(C)c1.Cl. The molecule has 0 radical (unpaired) electrons. The highest BCUT2D eigenvalue weighted by Gasteiger charge is 2.12. The van der Waals surface area contributed by atoms with Gasteiger partial charge in [0.2, 0.25) is 0 Å². The highest BCUT2D eigenvalue weighted by Crippen LogP contribution is 2.17. The third-order valence-corrected chi connectivity index (χ3v) is 2.84. The zero-order valence-electron chi connectivity index (χ0n) is 10.8. The highest BCUT2D eigenvalue weighted by atomic mass is 35.5. The van der Waals surface area contributed by atoms with Gasteiger partial charge >= 0.3 is 0 Å². The average Bonchev–Trinajstić information content (AvgIpc) is 2.68. The summed E-state index contributed by atoms with van der Waals surface area (Å²) in [6.07, 6.45) is 5.15. The van der Waals surface area contributed by atoms with Gasteiger partial charge in [-0.05, 0) is 31.9 Å². The lowest BCUT2D eigenvalue weighted by Gasteiger charge is -2.10. The van der Waals surface area contributed by atoms with Crippen LogP contribution in [-0.4, -0.2) is 15.3 Å². The summed E-state index contributed by atoms with van der Waals surface area (Å²) in [7, 11) is 0. The molecule has 0 spiro atoms. The number of rotatable bonds is 3. The van der Waals surface area contributed by atoms with E-state index in [0.29, 0.717) is 6.54 Å². The maximum Gasteiger partial charge on any atom is 0.183 e. The fourth-order valence-electron chi connectivity index (χ4n) is 2.24. The fraction of sp³-hybridized carbons (Fsp3) is 0.286. The molecule has 0 aliphatic carbocycles. The van der Waals surface area contributed by atoms with Gasteiger partial charge in [0.15, 0.2) is 5.78 Å². The monoisotopic (exact) mass is 264 g/mol. The number of carbonyl (C=O) groups excluding carboxylic acids is 1. The number of hydrogen-bond donors (Lipinski definition) is 0. The standard InChI is InChI=1S/C14H16N2O.ClH/c1-10-6-11(2)14(12(3)7-10)13(17)8-16-5-4-15-9-16;/h4-7,9H,8H2,1-3H3;1H. The van der Waals surface area contributed by atoms with Gasteiger partial charge in [0.1, 0.15) is 0 Å².